The minimum atomic E-state index is -1.05. The van der Waals surface area contributed by atoms with Gasteiger partial charge in [0.05, 0.1) is 6.10 Å². The van der Waals surface area contributed by atoms with Crippen LogP contribution >= 0.6 is 0 Å². The first kappa shape index (κ1) is 15.5. The molecule has 0 aromatic heterocycles. The lowest BCUT2D eigenvalue weighted by Gasteiger charge is -2.15. The van der Waals surface area contributed by atoms with E-state index in [0.717, 1.165) is 5.56 Å². The third-order valence-corrected chi connectivity index (χ3v) is 3.41. The van der Waals surface area contributed by atoms with Gasteiger partial charge in [0, 0.05) is 13.0 Å². The van der Waals surface area contributed by atoms with Gasteiger partial charge >= 0.3 is 5.97 Å². The Morgan fingerprint density at radius 2 is 1.90 bits per heavy atom. The number of carbonyl (C=O) groups excluding carboxylic acids is 1. The zero-order valence-electron chi connectivity index (χ0n) is 11.6. The molecule has 0 bridgehead atoms. The second-order valence-electron chi connectivity index (χ2n) is 5.12. The Balaban J connectivity index is 1.73. The van der Waals surface area contributed by atoms with Crippen molar-refractivity contribution in [1.82, 2.24) is 5.32 Å². The fourth-order valence-electron chi connectivity index (χ4n) is 2.30. The molecule has 6 nitrogen and oxygen atoms in total. The van der Waals surface area contributed by atoms with Crippen LogP contribution in [0.25, 0.3) is 0 Å². The summed E-state index contributed by atoms with van der Waals surface area (Å²) >= 11 is 0. The number of carbonyl (C=O) groups is 2. The van der Waals surface area contributed by atoms with Crippen LogP contribution in [0.15, 0.2) is 30.3 Å². The molecule has 3 N–H and O–H groups in total. The van der Waals surface area contributed by atoms with E-state index in [0.29, 0.717) is 19.3 Å². The smallest absolute Gasteiger partial charge is 0.332 e. The molecule has 1 aromatic rings. The topological polar surface area (TPSA) is 95.9 Å². The maximum Gasteiger partial charge on any atom is 0.332 e. The molecule has 6 heteroatoms. The molecule has 1 aliphatic heterocycles. The monoisotopic (exact) mass is 293 g/mol. The van der Waals surface area contributed by atoms with Gasteiger partial charge in [0.1, 0.15) is 6.10 Å². The van der Waals surface area contributed by atoms with Gasteiger partial charge in [0.25, 0.3) is 0 Å². The highest BCUT2D eigenvalue weighted by Gasteiger charge is 2.34. The molecule has 3 atom stereocenters. The van der Waals surface area contributed by atoms with Crippen molar-refractivity contribution in [3.05, 3.63) is 35.9 Å². The van der Waals surface area contributed by atoms with Crippen molar-refractivity contribution in [2.45, 2.75) is 37.6 Å². The summed E-state index contributed by atoms with van der Waals surface area (Å²) in [4.78, 5) is 22.6. The summed E-state index contributed by atoms with van der Waals surface area (Å²) in [5.41, 5.74) is 0.988. The van der Waals surface area contributed by atoms with Crippen molar-refractivity contribution in [1.29, 1.82) is 0 Å². The van der Waals surface area contributed by atoms with Crippen molar-refractivity contribution in [2.24, 2.45) is 0 Å². The fourth-order valence-corrected chi connectivity index (χ4v) is 2.30. The van der Waals surface area contributed by atoms with Gasteiger partial charge in [-0.25, -0.2) is 4.79 Å². The summed E-state index contributed by atoms with van der Waals surface area (Å²) in [7, 11) is 0. The number of carboxylic acids is 1. The summed E-state index contributed by atoms with van der Waals surface area (Å²) < 4.78 is 5.14. The maximum absolute atomic E-state index is 11.8. The Hall–Kier alpha value is -1.92. The fraction of sp³-hybridized carbons (Fsp3) is 0.467. The Morgan fingerprint density at radius 1 is 1.24 bits per heavy atom. The molecule has 114 valence electrons. The highest BCUT2D eigenvalue weighted by molar-refractivity contribution is 5.82. The number of amides is 1. The Morgan fingerprint density at radius 3 is 2.52 bits per heavy atom. The van der Waals surface area contributed by atoms with Gasteiger partial charge in [0.2, 0.25) is 5.91 Å². The van der Waals surface area contributed by atoms with Gasteiger partial charge in [-0.1, -0.05) is 30.3 Å². The van der Waals surface area contributed by atoms with Crippen LogP contribution in [-0.4, -0.2) is 46.9 Å². The number of rotatable bonds is 6. The number of hydrogen-bond donors (Lipinski definition) is 3. The molecule has 1 heterocycles. The zero-order chi connectivity index (χ0) is 15.2. The number of carboxylic acid groups (broad SMARTS) is 1. The molecule has 0 aliphatic carbocycles. The largest absolute Gasteiger partial charge is 0.479 e. The molecule has 1 fully saturated rings. The van der Waals surface area contributed by atoms with Crippen LogP contribution in [-0.2, 0) is 20.7 Å². The maximum atomic E-state index is 11.8. The van der Waals surface area contributed by atoms with Gasteiger partial charge in [-0.15, -0.1) is 0 Å². The Kier molecular flexibility index (Phi) is 5.30. The molecule has 21 heavy (non-hydrogen) atoms. The third kappa shape index (κ3) is 4.54. The highest BCUT2D eigenvalue weighted by atomic mass is 16.5. The molecule has 0 spiro atoms. The predicted octanol–water partition coefficient (Wildman–Crippen LogP) is 0.338. The summed E-state index contributed by atoms with van der Waals surface area (Å²) in [6.07, 6.45) is -1.17. The third-order valence-electron chi connectivity index (χ3n) is 3.41. The number of aliphatic hydroxyl groups is 1. The molecule has 0 radical (unpaired) electrons. The van der Waals surface area contributed by atoms with Gasteiger partial charge in [0.15, 0.2) is 6.10 Å². The normalized spacial score (nSPS) is 22.7. The lowest BCUT2D eigenvalue weighted by molar-refractivity contribution is -0.151. The quantitative estimate of drug-likeness (QED) is 0.703. The first-order valence-electron chi connectivity index (χ1n) is 6.94. The standard InChI is InChI=1S/C15H19NO5/c17-11(8-10-4-2-1-3-5-10)9-16-14(18)12-6-7-13(21-12)15(19)20/h1-5,11-13,17H,6-9H2,(H,16,18)(H,19,20)/t11?,12-,13+/m0/s1. The van der Waals surface area contributed by atoms with Crippen LogP contribution in [0.4, 0.5) is 0 Å². The van der Waals surface area contributed by atoms with E-state index in [1.54, 1.807) is 0 Å². The number of ether oxygens (including phenoxy) is 1. The van der Waals surface area contributed by atoms with Crippen LogP contribution in [0, 0.1) is 0 Å². The molecule has 2 rings (SSSR count). The van der Waals surface area contributed by atoms with Gasteiger partial charge in [-0.2, -0.15) is 0 Å². The van der Waals surface area contributed by atoms with Gasteiger partial charge in [-0.3, -0.25) is 4.79 Å². The number of aliphatic hydroxyl groups excluding tert-OH is 1. The molecular weight excluding hydrogens is 274 g/mol. The molecule has 1 aromatic carbocycles. The Bertz CT molecular complexity index is 490. The van der Waals surface area contributed by atoms with Crippen LogP contribution in [0.2, 0.25) is 0 Å². The van der Waals surface area contributed by atoms with E-state index in [1.165, 1.54) is 0 Å². The van der Waals surface area contributed by atoms with Gasteiger partial charge < -0.3 is 20.3 Å². The lowest BCUT2D eigenvalue weighted by atomic mass is 10.1. The molecular formula is C15H19NO5. The second kappa shape index (κ2) is 7.19. The van der Waals surface area contributed by atoms with Crippen molar-refractivity contribution in [3.8, 4) is 0 Å². The first-order valence-corrected chi connectivity index (χ1v) is 6.94. The average molecular weight is 293 g/mol. The number of benzene rings is 1. The number of hydrogen-bond acceptors (Lipinski definition) is 4. The summed E-state index contributed by atoms with van der Waals surface area (Å²) in [5, 5.41) is 21.3. The van der Waals surface area contributed by atoms with Crippen molar-refractivity contribution in [3.63, 3.8) is 0 Å². The van der Waals surface area contributed by atoms with Crippen molar-refractivity contribution in [2.75, 3.05) is 6.54 Å². The predicted molar refractivity (Wildman–Crippen MR) is 74.7 cm³/mol. The van der Waals surface area contributed by atoms with Crippen molar-refractivity contribution < 1.29 is 24.5 Å². The number of nitrogens with one attached hydrogen (secondary N) is 1. The minimum absolute atomic E-state index is 0.116. The first-order chi connectivity index (χ1) is 10.1. The van der Waals surface area contributed by atoms with Crippen LogP contribution in [0.1, 0.15) is 18.4 Å². The van der Waals surface area contributed by atoms with E-state index in [-0.39, 0.29) is 12.5 Å². The van der Waals surface area contributed by atoms with E-state index in [1.807, 2.05) is 30.3 Å². The average Bonchev–Trinajstić information content (AvgIpc) is 2.96. The number of aliphatic carboxylic acids is 1. The molecule has 1 unspecified atom stereocenters. The van der Waals surface area contributed by atoms with E-state index >= 15 is 0 Å². The lowest BCUT2D eigenvalue weighted by Crippen LogP contribution is -2.40. The van der Waals surface area contributed by atoms with Gasteiger partial charge in [-0.05, 0) is 18.4 Å². The summed E-state index contributed by atoms with van der Waals surface area (Å²) in [6.45, 7) is 0.116. The molecule has 1 amide bonds. The van der Waals surface area contributed by atoms with E-state index in [4.69, 9.17) is 9.84 Å². The summed E-state index contributed by atoms with van der Waals surface area (Å²) in [5.74, 6) is -1.42. The minimum Gasteiger partial charge on any atom is -0.479 e. The highest BCUT2D eigenvalue weighted by Crippen LogP contribution is 2.19. The SMILES string of the molecule is O=C(NCC(O)Cc1ccccc1)[C@@H]1CC[C@H](C(=O)O)O1. The molecule has 1 saturated heterocycles. The Labute approximate surface area is 122 Å². The van der Waals surface area contributed by atoms with Crippen molar-refractivity contribution >= 4 is 11.9 Å². The summed E-state index contributed by atoms with van der Waals surface area (Å²) in [6, 6.07) is 9.48. The zero-order valence-corrected chi connectivity index (χ0v) is 11.6. The van der Waals surface area contributed by atoms with E-state index in [2.05, 4.69) is 5.32 Å². The van der Waals surface area contributed by atoms with Crippen LogP contribution < -0.4 is 5.32 Å². The second-order valence-corrected chi connectivity index (χ2v) is 5.12. The van der Waals surface area contributed by atoms with Crippen LogP contribution in [0.3, 0.4) is 0 Å². The molecule has 0 saturated carbocycles. The van der Waals surface area contributed by atoms with Crippen LogP contribution in [0.5, 0.6) is 0 Å². The van der Waals surface area contributed by atoms with E-state index in [9.17, 15) is 14.7 Å². The molecule has 1 aliphatic rings. The van der Waals surface area contributed by atoms with E-state index < -0.39 is 24.3 Å².